The first-order valence-electron chi connectivity index (χ1n) is 9.71. The number of nitrogens with zero attached hydrogens (tertiary/aromatic N) is 4. The van der Waals surface area contributed by atoms with Gasteiger partial charge in [0.25, 0.3) is 5.91 Å². The van der Waals surface area contributed by atoms with Gasteiger partial charge in [0.15, 0.2) is 0 Å². The van der Waals surface area contributed by atoms with Gasteiger partial charge in [-0.25, -0.2) is 9.97 Å². The molecule has 0 aliphatic carbocycles. The Balaban J connectivity index is 1.48. The minimum absolute atomic E-state index is 0.275. The summed E-state index contributed by atoms with van der Waals surface area (Å²) >= 11 is 0. The molecule has 1 amide bonds. The summed E-state index contributed by atoms with van der Waals surface area (Å²) in [5.41, 5.74) is 1.83. The summed E-state index contributed by atoms with van der Waals surface area (Å²) in [6, 6.07) is 15.6. The number of benzene rings is 1. The lowest BCUT2D eigenvalue weighted by Gasteiger charge is -2.25. The first kappa shape index (κ1) is 17.8. The molecule has 1 N–H and O–H groups in total. The quantitative estimate of drug-likeness (QED) is 0.583. The van der Waals surface area contributed by atoms with Gasteiger partial charge in [-0.1, -0.05) is 30.3 Å². The number of fused-ring (bicyclic) bond motifs is 2. The molecular formula is C22H21N5O2. The standard InChI is InChI=1S/C22H21N5O2/c28-22(25-20-17-6-2-1-5-16(17)8-9-23-20)21-24-18(15-26-11-13-29-14-12-26)19-7-3-4-10-27(19)21/h1-10H,11-15H2,(H,23,25,28). The van der Waals surface area contributed by atoms with Crippen LogP contribution >= 0.6 is 0 Å². The zero-order valence-electron chi connectivity index (χ0n) is 15.9. The van der Waals surface area contributed by atoms with Crippen LogP contribution in [0.5, 0.6) is 0 Å². The average Bonchev–Trinajstić information content (AvgIpc) is 3.13. The van der Waals surface area contributed by atoms with Gasteiger partial charge in [0.2, 0.25) is 5.82 Å². The molecule has 7 heteroatoms. The lowest BCUT2D eigenvalue weighted by atomic mass is 10.1. The first-order valence-corrected chi connectivity index (χ1v) is 9.71. The van der Waals surface area contributed by atoms with Gasteiger partial charge >= 0.3 is 0 Å². The number of anilines is 1. The van der Waals surface area contributed by atoms with E-state index in [-0.39, 0.29) is 5.91 Å². The molecule has 1 aliphatic heterocycles. The summed E-state index contributed by atoms with van der Waals surface area (Å²) < 4.78 is 7.28. The van der Waals surface area contributed by atoms with Gasteiger partial charge in [0.1, 0.15) is 5.82 Å². The maximum absolute atomic E-state index is 13.1. The number of imidazole rings is 1. The third kappa shape index (κ3) is 3.46. The van der Waals surface area contributed by atoms with Crippen molar-refractivity contribution in [3.63, 3.8) is 0 Å². The van der Waals surface area contributed by atoms with Gasteiger partial charge in [-0.15, -0.1) is 0 Å². The van der Waals surface area contributed by atoms with E-state index in [0.717, 1.165) is 48.3 Å². The van der Waals surface area contributed by atoms with Crippen molar-refractivity contribution in [3.05, 3.63) is 72.4 Å². The molecule has 3 aromatic heterocycles. The van der Waals surface area contributed by atoms with Gasteiger partial charge in [0, 0.05) is 37.4 Å². The molecule has 0 atom stereocenters. The second-order valence-electron chi connectivity index (χ2n) is 7.06. The van der Waals surface area contributed by atoms with E-state index in [1.54, 1.807) is 6.20 Å². The second-order valence-corrected chi connectivity index (χ2v) is 7.06. The molecular weight excluding hydrogens is 366 g/mol. The highest BCUT2D eigenvalue weighted by Gasteiger charge is 2.20. The van der Waals surface area contributed by atoms with Crippen molar-refractivity contribution < 1.29 is 9.53 Å². The molecule has 1 saturated heterocycles. The monoisotopic (exact) mass is 387 g/mol. The Morgan fingerprint density at radius 3 is 2.79 bits per heavy atom. The normalized spacial score (nSPS) is 15.0. The molecule has 0 radical (unpaired) electrons. The second kappa shape index (κ2) is 7.62. The Bertz CT molecular complexity index is 1170. The number of rotatable bonds is 4. The number of hydrogen-bond acceptors (Lipinski definition) is 5. The van der Waals surface area contributed by atoms with Crippen LogP contribution in [0.25, 0.3) is 16.3 Å². The number of hydrogen-bond donors (Lipinski definition) is 1. The molecule has 4 heterocycles. The van der Waals surface area contributed by atoms with Crippen molar-refractivity contribution in [2.75, 3.05) is 31.6 Å². The molecule has 1 aliphatic rings. The number of ether oxygens (including phenoxy) is 1. The Labute approximate surface area is 167 Å². The SMILES string of the molecule is O=C(Nc1nccc2ccccc12)c1nc(CN2CCOCC2)c2ccccn12. The number of aromatic nitrogens is 3. The molecule has 4 aromatic rings. The van der Waals surface area contributed by atoms with Crippen LogP contribution < -0.4 is 5.32 Å². The maximum atomic E-state index is 13.1. The molecule has 146 valence electrons. The Morgan fingerprint density at radius 2 is 1.90 bits per heavy atom. The van der Waals surface area contributed by atoms with Crippen LogP contribution in [0.4, 0.5) is 5.82 Å². The van der Waals surface area contributed by atoms with Gasteiger partial charge < -0.3 is 10.1 Å². The fraction of sp³-hybridized carbons (Fsp3) is 0.227. The summed E-state index contributed by atoms with van der Waals surface area (Å²) in [7, 11) is 0. The molecule has 0 unspecified atom stereocenters. The van der Waals surface area contributed by atoms with E-state index in [1.807, 2.05) is 59.1 Å². The number of carbonyl (C=O) groups is 1. The van der Waals surface area contributed by atoms with Crippen LogP contribution in [0.3, 0.4) is 0 Å². The fourth-order valence-corrected chi connectivity index (χ4v) is 3.73. The summed E-state index contributed by atoms with van der Waals surface area (Å²) in [5.74, 6) is 0.623. The molecule has 5 rings (SSSR count). The molecule has 0 spiro atoms. The van der Waals surface area contributed by atoms with Crippen LogP contribution in [0.2, 0.25) is 0 Å². The van der Waals surface area contributed by atoms with E-state index in [4.69, 9.17) is 9.72 Å². The number of pyridine rings is 2. The van der Waals surface area contributed by atoms with E-state index in [9.17, 15) is 4.79 Å². The average molecular weight is 387 g/mol. The van der Waals surface area contributed by atoms with E-state index in [1.165, 1.54) is 0 Å². The van der Waals surface area contributed by atoms with Crippen molar-refractivity contribution in [1.82, 2.24) is 19.3 Å². The minimum Gasteiger partial charge on any atom is -0.379 e. The van der Waals surface area contributed by atoms with E-state index in [2.05, 4.69) is 15.2 Å². The minimum atomic E-state index is -0.275. The van der Waals surface area contributed by atoms with Gasteiger partial charge in [-0.2, -0.15) is 0 Å². The van der Waals surface area contributed by atoms with E-state index in [0.29, 0.717) is 18.2 Å². The largest absolute Gasteiger partial charge is 0.379 e. The van der Waals surface area contributed by atoms with Gasteiger partial charge in [0.05, 0.1) is 24.4 Å². The van der Waals surface area contributed by atoms with E-state index >= 15 is 0 Å². The van der Waals surface area contributed by atoms with Gasteiger partial charge in [-0.3, -0.25) is 14.1 Å². The summed E-state index contributed by atoms with van der Waals surface area (Å²) in [6.07, 6.45) is 3.57. The fourth-order valence-electron chi connectivity index (χ4n) is 3.73. The molecule has 7 nitrogen and oxygen atoms in total. The molecule has 1 aromatic carbocycles. The summed E-state index contributed by atoms with van der Waals surface area (Å²) in [4.78, 5) is 24.5. The Kier molecular flexibility index (Phi) is 4.67. The third-order valence-corrected chi connectivity index (χ3v) is 5.21. The van der Waals surface area contributed by atoms with Crippen LogP contribution in [0.1, 0.15) is 16.3 Å². The summed E-state index contributed by atoms with van der Waals surface area (Å²) in [5, 5.41) is 4.87. The van der Waals surface area contributed by atoms with E-state index < -0.39 is 0 Å². The number of amides is 1. The van der Waals surface area contributed by atoms with Crippen molar-refractivity contribution in [2.45, 2.75) is 6.54 Å². The predicted octanol–water partition coefficient (Wildman–Crippen LogP) is 2.97. The zero-order chi connectivity index (χ0) is 19.6. The molecule has 0 bridgehead atoms. The van der Waals surface area contributed by atoms with Crippen molar-refractivity contribution in [1.29, 1.82) is 0 Å². The number of carbonyl (C=O) groups excluding carboxylic acids is 1. The number of nitrogens with one attached hydrogen (secondary N) is 1. The van der Waals surface area contributed by atoms with Crippen LogP contribution in [0.15, 0.2) is 60.9 Å². The topological polar surface area (TPSA) is 71.8 Å². The number of morpholine rings is 1. The van der Waals surface area contributed by atoms with Crippen LogP contribution in [0, 0.1) is 0 Å². The third-order valence-electron chi connectivity index (χ3n) is 5.21. The highest BCUT2D eigenvalue weighted by atomic mass is 16.5. The lowest BCUT2D eigenvalue weighted by molar-refractivity contribution is 0.0338. The Hall–Kier alpha value is -3.29. The van der Waals surface area contributed by atoms with Crippen LogP contribution in [-0.4, -0.2) is 51.5 Å². The molecule has 1 fully saturated rings. The summed E-state index contributed by atoms with van der Waals surface area (Å²) in [6.45, 7) is 3.88. The van der Waals surface area contributed by atoms with Gasteiger partial charge in [-0.05, 0) is 23.6 Å². The van der Waals surface area contributed by atoms with Crippen molar-refractivity contribution in [2.24, 2.45) is 0 Å². The van der Waals surface area contributed by atoms with Crippen molar-refractivity contribution >= 4 is 28.0 Å². The lowest BCUT2D eigenvalue weighted by Crippen LogP contribution is -2.35. The maximum Gasteiger partial charge on any atom is 0.293 e. The highest BCUT2D eigenvalue weighted by Crippen LogP contribution is 2.22. The first-order chi connectivity index (χ1) is 14.3. The molecule has 29 heavy (non-hydrogen) atoms. The van der Waals surface area contributed by atoms with Crippen molar-refractivity contribution in [3.8, 4) is 0 Å². The predicted molar refractivity (Wildman–Crippen MR) is 111 cm³/mol. The highest BCUT2D eigenvalue weighted by molar-refractivity contribution is 6.06. The Morgan fingerprint density at radius 1 is 1.07 bits per heavy atom. The smallest absolute Gasteiger partial charge is 0.293 e. The van der Waals surface area contributed by atoms with Crippen LogP contribution in [-0.2, 0) is 11.3 Å². The molecule has 0 saturated carbocycles. The zero-order valence-corrected chi connectivity index (χ0v) is 15.9.